The smallest absolute Gasteiger partial charge is 0.289 e. The van der Waals surface area contributed by atoms with Crippen LogP contribution in [0.4, 0.5) is 10.1 Å². The number of rotatable bonds is 4. The van der Waals surface area contributed by atoms with Crippen LogP contribution >= 0.6 is 0 Å². The quantitative estimate of drug-likeness (QED) is 0.577. The second kappa shape index (κ2) is 9.99. The summed E-state index contributed by atoms with van der Waals surface area (Å²) in [4.78, 5) is 41.1. The molecule has 2 unspecified atom stereocenters. The molecule has 0 radical (unpaired) electrons. The highest BCUT2D eigenvalue weighted by Crippen LogP contribution is 2.19. The molecule has 2 atom stereocenters. The molecule has 0 aliphatic carbocycles. The van der Waals surface area contributed by atoms with Gasteiger partial charge in [0.1, 0.15) is 17.8 Å². The van der Waals surface area contributed by atoms with Gasteiger partial charge < -0.3 is 20.3 Å². The number of pyridine rings is 1. The molecule has 2 N–H and O–H groups in total. The van der Waals surface area contributed by atoms with Gasteiger partial charge in [0.15, 0.2) is 5.84 Å². The zero-order valence-electron chi connectivity index (χ0n) is 18.1. The summed E-state index contributed by atoms with van der Waals surface area (Å²) in [7, 11) is 1.49. The molecule has 1 aromatic carbocycles. The van der Waals surface area contributed by atoms with E-state index in [0.29, 0.717) is 24.7 Å². The van der Waals surface area contributed by atoms with Crippen molar-refractivity contribution in [3.8, 4) is 5.88 Å². The number of benzene rings is 1. The average molecular weight is 440 g/mol. The molecule has 0 saturated carbocycles. The Morgan fingerprint density at radius 2 is 1.88 bits per heavy atom. The Morgan fingerprint density at radius 1 is 1.19 bits per heavy atom. The van der Waals surface area contributed by atoms with Crippen molar-refractivity contribution in [3.05, 3.63) is 54.0 Å². The number of methoxy groups -OCH3 is 1. The maximum atomic E-state index is 13.2. The van der Waals surface area contributed by atoms with Crippen LogP contribution in [0.5, 0.6) is 5.88 Å². The molecule has 1 fully saturated rings. The number of carbonyl (C=O) groups is 2. The fraction of sp³-hybridized carbons (Fsp3) is 0.318. The second-order valence-corrected chi connectivity index (χ2v) is 7.42. The van der Waals surface area contributed by atoms with E-state index in [9.17, 15) is 14.0 Å². The molecule has 168 valence electrons. The summed E-state index contributed by atoms with van der Waals surface area (Å²) >= 11 is 0. The minimum Gasteiger partial charge on any atom is -0.481 e. The Morgan fingerprint density at radius 3 is 2.53 bits per heavy atom. The lowest BCUT2D eigenvalue weighted by atomic mass is 10.1. The third-order valence-electron chi connectivity index (χ3n) is 5.02. The van der Waals surface area contributed by atoms with Gasteiger partial charge in [0.2, 0.25) is 5.88 Å². The van der Waals surface area contributed by atoms with E-state index < -0.39 is 11.7 Å². The van der Waals surface area contributed by atoms with Crippen molar-refractivity contribution >= 4 is 29.7 Å². The van der Waals surface area contributed by atoms with Crippen LogP contribution in [-0.2, 0) is 4.79 Å². The number of nitrogens with zero attached hydrogens (tertiary/aromatic N) is 5. The second-order valence-electron chi connectivity index (χ2n) is 7.42. The molecule has 2 heterocycles. The Bertz CT molecular complexity index is 1050. The van der Waals surface area contributed by atoms with E-state index in [-0.39, 0.29) is 29.5 Å². The number of aliphatic imine (C=N–C) groups is 2. The van der Waals surface area contributed by atoms with Crippen molar-refractivity contribution in [3.63, 3.8) is 0 Å². The van der Waals surface area contributed by atoms with Crippen LogP contribution in [0, 0.1) is 5.82 Å². The van der Waals surface area contributed by atoms with Gasteiger partial charge in [-0.2, -0.15) is 0 Å². The minimum absolute atomic E-state index is 0.237. The van der Waals surface area contributed by atoms with Gasteiger partial charge in [0.25, 0.3) is 11.8 Å². The maximum Gasteiger partial charge on any atom is 0.289 e. The number of hydrogen-bond donors (Lipinski definition) is 1. The summed E-state index contributed by atoms with van der Waals surface area (Å²) in [6.07, 6.45) is 1.12. The van der Waals surface area contributed by atoms with Crippen LogP contribution in [0.15, 0.2) is 52.4 Å². The molecule has 32 heavy (non-hydrogen) atoms. The van der Waals surface area contributed by atoms with Crippen LogP contribution in [0.3, 0.4) is 0 Å². The molecule has 1 aromatic heterocycles. The number of carbonyl (C=O) groups excluding carboxylic acids is 2. The van der Waals surface area contributed by atoms with Crippen molar-refractivity contribution in [2.24, 2.45) is 15.7 Å². The molecular weight excluding hydrogens is 415 g/mol. The van der Waals surface area contributed by atoms with Crippen molar-refractivity contribution in [2.45, 2.75) is 25.9 Å². The van der Waals surface area contributed by atoms with Gasteiger partial charge >= 0.3 is 0 Å². The minimum atomic E-state index is -0.456. The van der Waals surface area contributed by atoms with E-state index in [0.717, 1.165) is 6.34 Å². The largest absolute Gasteiger partial charge is 0.481 e. The lowest BCUT2D eigenvalue weighted by Crippen LogP contribution is -2.61. The zero-order chi connectivity index (χ0) is 23.3. The molecule has 1 aliphatic heterocycles. The monoisotopic (exact) mass is 440 g/mol. The summed E-state index contributed by atoms with van der Waals surface area (Å²) in [6, 6.07) is 10.1. The first-order chi connectivity index (χ1) is 15.3. The maximum absolute atomic E-state index is 13.2. The molecule has 0 spiro atoms. The lowest BCUT2D eigenvalue weighted by molar-refractivity contribution is -0.131. The van der Waals surface area contributed by atoms with E-state index >= 15 is 0 Å². The molecular formula is C22H25FN6O3. The van der Waals surface area contributed by atoms with Gasteiger partial charge in [-0.25, -0.2) is 19.4 Å². The van der Waals surface area contributed by atoms with E-state index in [1.165, 1.54) is 25.3 Å². The Kier molecular flexibility index (Phi) is 7.14. The predicted molar refractivity (Wildman–Crippen MR) is 119 cm³/mol. The van der Waals surface area contributed by atoms with E-state index in [2.05, 4.69) is 15.0 Å². The molecule has 2 aromatic rings. The van der Waals surface area contributed by atoms with Crippen molar-refractivity contribution in [1.29, 1.82) is 0 Å². The molecule has 2 amide bonds. The van der Waals surface area contributed by atoms with Crippen molar-refractivity contribution < 1.29 is 18.7 Å². The summed E-state index contributed by atoms with van der Waals surface area (Å²) in [5.41, 5.74) is 6.50. The first-order valence-corrected chi connectivity index (χ1v) is 10.0. The highest BCUT2D eigenvalue weighted by atomic mass is 19.1. The van der Waals surface area contributed by atoms with Gasteiger partial charge in [0, 0.05) is 31.2 Å². The van der Waals surface area contributed by atoms with Crippen LogP contribution in [0.25, 0.3) is 0 Å². The number of piperazine rings is 1. The summed E-state index contributed by atoms with van der Waals surface area (Å²) in [5.74, 6) is -1.000. The highest BCUT2D eigenvalue weighted by molar-refractivity contribution is 6.38. The fourth-order valence-electron chi connectivity index (χ4n) is 3.60. The topological polar surface area (TPSA) is 113 Å². The third kappa shape index (κ3) is 5.26. The number of nitrogens with two attached hydrogens (primary N) is 1. The van der Waals surface area contributed by atoms with E-state index in [1.807, 2.05) is 13.8 Å². The summed E-state index contributed by atoms with van der Waals surface area (Å²) in [5, 5.41) is 0. The first-order valence-electron chi connectivity index (χ1n) is 10.0. The number of ether oxygens (including phenoxy) is 1. The summed E-state index contributed by atoms with van der Waals surface area (Å²) in [6.45, 7) is 4.30. The van der Waals surface area contributed by atoms with Crippen molar-refractivity contribution in [1.82, 2.24) is 14.8 Å². The number of halogens is 1. The fourth-order valence-corrected chi connectivity index (χ4v) is 3.60. The third-order valence-corrected chi connectivity index (χ3v) is 5.02. The number of aromatic nitrogens is 1. The van der Waals surface area contributed by atoms with Gasteiger partial charge in [-0.15, -0.1) is 0 Å². The van der Waals surface area contributed by atoms with Crippen molar-refractivity contribution in [2.75, 3.05) is 20.2 Å². The predicted octanol–water partition coefficient (Wildman–Crippen LogP) is 2.01. The normalized spacial score (nSPS) is 19.3. The number of hydrogen-bond acceptors (Lipinski definition) is 5. The standard InChI is InChI=1S/C22H25FN6O3/c1-14-11-28(21(30)18-8-5-9-19(27-18)32-3)12-15(2)29(14)22(31)20(24)26-13-25-17-7-4-6-16(23)10-17/h4-10,13-15H,11-12H2,1-3H3,(H2,24,25,26). The van der Waals surface area contributed by atoms with Crippen LogP contribution in [-0.4, -0.2) is 71.1 Å². The Hall–Kier alpha value is -3.82. The molecule has 1 aliphatic rings. The SMILES string of the molecule is COc1cccc(C(=O)N2CC(C)N(C(=O)C(N)=NC=Nc3cccc(F)c3)C(C)C2)n1. The molecule has 9 nitrogen and oxygen atoms in total. The van der Waals surface area contributed by atoms with Gasteiger partial charge in [-0.05, 0) is 38.1 Å². The molecule has 1 saturated heterocycles. The van der Waals surface area contributed by atoms with Crippen LogP contribution in [0.2, 0.25) is 0 Å². The van der Waals surface area contributed by atoms with Gasteiger partial charge in [0.05, 0.1) is 12.8 Å². The molecule has 3 rings (SSSR count). The van der Waals surface area contributed by atoms with Gasteiger partial charge in [-0.1, -0.05) is 12.1 Å². The van der Waals surface area contributed by atoms with Crippen LogP contribution < -0.4 is 10.5 Å². The van der Waals surface area contributed by atoms with E-state index in [1.54, 1.807) is 34.1 Å². The number of amides is 2. The first kappa shape index (κ1) is 22.9. The lowest BCUT2D eigenvalue weighted by Gasteiger charge is -2.44. The Labute approximate surface area is 185 Å². The molecule has 0 bridgehead atoms. The number of amidine groups is 1. The van der Waals surface area contributed by atoms with Gasteiger partial charge in [-0.3, -0.25) is 9.59 Å². The molecule has 10 heteroatoms. The summed E-state index contributed by atoms with van der Waals surface area (Å²) < 4.78 is 18.3. The van der Waals surface area contributed by atoms with E-state index in [4.69, 9.17) is 10.5 Å². The average Bonchev–Trinajstić information content (AvgIpc) is 2.78. The zero-order valence-corrected chi connectivity index (χ0v) is 18.1. The highest BCUT2D eigenvalue weighted by Gasteiger charge is 2.36. The van der Waals surface area contributed by atoms with Crippen LogP contribution in [0.1, 0.15) is 24.3 Å². The Balaban J connectivity index is 1.67.